The lowest BCUT2D eigenvalue weighted by atomic mass is 10.0. The second-order valence-corrected chi connectivity index (χ2v) is 6.98. The molecule has 1 fully saturated rings. The molecule has 1 saturated heterocycles. The van der Waals surface area contributed by atoms with Gasteiger partial charge in [0, 0.05) is 17.3 Å². The van der Waals surface area contributed by atoms with Crippen LogP contribution >= 0.6 is 15.9 Å². The molecule has 1 heterocycles. The van der Waals surface area contributed by atoms with Gasteiger partial charge in [0.15, 0.2) is 0 Å². The van der Waals surface area contributed by atoms with Crippen molar-refractivity contribution < 1.29 is 14.0 Å². The Hall–Kier alpha value is -1.23. The second kappa shape index (κ2) is 8.04. The van der Waals surface area contributed by atoms with Crippen molar-refractivity contribution in [2.45, 2.75) is 18.9 Å². The highest BCUT2D eigenvalue weighted by Crippen LogP contribution is 2.27. The highest BCUT2D eigenvalue weighted by molar-refractivity contribution is 9.10. The van der Waals surface area contributed by atoms with E-state index >= 15 is 0 Å². The third-order valence-electron chi connectivity index (χ3n) is 4.40. The predicted octanol–water partition coefficient (Wildman–Crippen LogP) is 3.37. The lowest BCUT2D eigenvalue weighted by molar-refractivity contribution is -0.887. The number of quaternary nitrogens is 1. The number of nitrogens with one attached hydrogen (secondary N) is 1. The maximum atomic E-state index is 13.2. The molecule has 0 bridgehead atoms. The number of ether oxygens (including phenoxy) is 1. The van der Waals surface area contributed by atoms with E-state index in [2.05, 4.69) is 28.1 Å². The van der Waals surface area contributed by atoms with Crippen LogP contribution in [0.1, 0.15) is 30.1 Å². The van der Waals surface area contributed by atoms with Gasteiger partial charge in [-0.2, -0.15) is 0 Å². The molecule has 2 aromatic rings. The molecule has 0 amide bonds. The summed E-state index contributed by atoms with van der Waals surface area (Å²) in [5.41, 5.74) is 2.08. The number of hydrogen-bond acceptors (Lipinski definition) is 1. The van der Waals surface area contributed by atoms with Gasteiger partial charge in [-0.05, 0) is 35.4 Å². The van der Waals surface area contributed by atoms with E-state index in [4.69, 9.17) is 4.74 Å². The van der Waals surface area contributed by atoms with Crippen LogP contribution in [0.5, 0.6) is 0 Å². The minimum Gasteiger partial charge on any atom is -0.363 e. The van der Waals surface area contributed by atoms with E-state index in [1.54, 1.807) is 4.90 Å². The second-order valence-electron chi connectivity index (χ2n) is 6.06. The molecule has 0 spiro atoms. The zero-order valence-electron chi connectivity index (χ0n) is 13.1. The maximum Gasteiger partial charge on any atom is 0.123 e. The van der Waals surface area contributed by atoms with Crippen molar-refractivity contribution in [1.29, 1.82) is 0 Å². The smallest absolute Gasteiger partial charge is 0.123 e. The fraction of sp³-hybridized carbons (Fsp3) is 0.368. The molecule has 0 radical (unpaired) electrons. The maximum absolute atomic E-state index is 13.2. The minimum absolute atomic E-state index is 0.147. The van der Waals surface area contributed by atoms with E-state index in [0.717, 1.165) is 22.1 Å². The average molecular weight is 379 g/mol. The highest BCUT2D eigenvalue weighted by Gasteiger charge is 2.18. The van der Waals surface area contributed by atoms with E-state index in [9.17, 15) is 4.39 Å². The van der Waals surface area contributed by atoms with Crippen LogP contribution in [0, 0.1) is 5.82 Å². The lowest BCUT2D eigenvalue weighted by Crippen LogP contribution is -3.10. The van der Waals surface area contributed by atoms with Gasteiger partial charge in [-0.1, -0.05) is 40.2 Å². The van der Waals surface area contributed by atoms with Crippen molar-refractivity contribution in [2.75, 3.05) is 26.2 Å². The van der Waals surface area contributed by atoms with Gasteiger partial charge in [-0.15, -0.1) is 0 Å². The largest absolute Gasteiger partial charge is 0.363 e. The van der Waals surface area contributed by atoms with Crippen LogP contribution in [0.25, 0.3) is 0 Å². The fourth-order valence-corrected chi connectivity index (χ4v) is 3.37. The number of likely N-dealkylation sites (tertiary alicyclic amines) is 1. The molecule has 1 aliphatic heterocycles. The van der Waals surface area contributed by atoms with Crippen molar-refractivity contribution in [3.63, 3.8) is 0 Å². The zero-order chi connectivity index (χ0) is 16.1. The van der Waals surface area contributed by atoms with Crippen LogP contribution in [-0.2, 0) is 4.74 Å². The summed E-state index contributed by atoms with van der Waals surface area (Å²) >= 11 is 3.46. The Bertz CT molecular complexity index is 563. The van der Waals surface area contributed by atoms with Gasteiger partial charge < -0.3 is 9.64 Å². The topological polar surface area (TPSA) is 13.7 Å². The Morgan fingerprint density at radius 2 is 1.52 bits per heavy atom. The van der Waals surface area contributed by atoms with Gasteiger partial charge in [0.05, 0.1) is 19.7 Å². The third-order valence-corrected chi connectivity index (χ3v) is 4.92. The first-order valence-corrected chi connectivity index (χ1v) is 8.98. The number of rotatable bonds is 6. The van der Waals surface area contributed by atoms with Crippen LogP contribution in [-0.4, -0.2) is 26.2 Å². The van der Waals surface area contributed by atoms with Gasteiger partial charge in [-0.25, -0.2) is 4.39 Å². The van der Waals surface area contributed by atoms with Crippen molar-refractivity contribution in [3.05, 3.63) is 69.9 Å². The molecule has 1 N–H and O–H groups in total. The Morgan fingerprint density at radius 1 is 0.957 bits per heavy atom. The van der Waals surface area contributed by atoms with Crippen LogP contribution in [0.15, 0.2) is 53.0 Å². The Morgan fingerprint density at radius 3 is 2.13 bits per heavy atom. The Balaban J connectivity index is 1.72. The Labute approximate surface area is 145 Å². The monoisotopic (exact) mass is 378 g/mol. The molecular formula is C19H22BrFNO+. The standard InChI is InChI=1S/C19H21BrFNO/c20-17-7-3-15(4-8-17)19(16-5-9-18(21)10-6-16)23-14-13-22-11-1-2-12-22/h3-10,19H,1-2,11-14H2/p+1/t19-/m0/s1. The molecule has 4 heteroatoms. The first-order valence-electron chi connectivity index (χ1n) is 8.18. The van der Waals surface area contributed by atoms with E-state index in [1.165, 1.54) is 38.1 Å². The summed E-state index contributed by atoms with van der Waals surface area (Å²) in [6, 6.07) is 14.8. The molecular weight excluding hydrogens is 357 g/mol. The van der Waals surface area contributed by atoms with Gasteiger partial charge in [0.1, 0.15) is 18.5 Å². The minimum atomic E-state index is -0.218. The third kappa shape index (κ3) is 4.63. The molecule has 0 unspecified atom stereocenters. The molecule has 1 atom stereocenters. The van der Waals surface area contributed by atoms with Crippen molar-refractivity contribution in [3.8, 4) is 0 Å². The molecule has 1 aliphatic rings. The molecule has 122 valence electrons. The van der Waals surface area contributed by atoms with Crippen molar-refractivity contribution in [1.82, 2.24) is 0 Å². The van der Waals surface area contributed by atoms with Gasteiger partial charge in [0.25, 0.3) is 0 Å². The van der Waals surface area contributed by atoms with Gasteiger partial charge >= 0.3 is 0 Å². The molecule has 0 aromatic heterocycles. The number of halogens is 2. The van der Waals surface area contributed by atoms with E-state index < -0.39 is 0 Å². The summed E-state index contributed by atoms with van der Waals surface area (Å²) < 4.78 is 20.5. The summed E-state index contributed by atoms with van der Waals surface area (Å²) in [6.07, 6.45) is 2.50. The molecule has 23 heavy (non-hydrogen) atoms. The molecule has 2 aromatic carbocycles. The summed E-state index contributed by atoms with van der Waals surface area (Å²) in [6.45, 7) is 4.26. The first-order chi connectivity index (χ1) is 11.2. The van der Waals surface area contributed by atoms with Crippen LogP contribution in [0.3, 0.4) is 0 Å². The summed E-state index contributed by atoms with van der Waals surface area (Å²) in [7, 11) is 0. The molecule has 3 rings (SSSR count). The van der Waals surface area contributed by atoms with E-state index in [0.29, 0.717) is 6.61 Å². The van der Waals surface area contributed by atoms with Gasteiger partial charge in [-0.3, -0.25) is 0 Å². The molecule has 0 aliphatic carbocycles. The predicted molar refractivity (Wildman–Crippen MR) is 93.1 cm³/mol. The highest BCUT2D eigenvalue weighted by atomic mass is 79.9. The number of hydrogen-bond donors (Lipinski definition) is 1. The number of benzene rings is 2. The zero-order valence-corrected chi connectivity index (χ0v) is 14.7. The average Bonchev–Trinajstić information content (AvgIpc) is 3.07. The molecule has 2 nitrogen and oxygen atoms in total. The summed E-state index contributed by atoms with van der Waals surface area (Å²) in [4.78, 5) is 1.62. The normalized spacial score (nSPS) is 16.6. The van der Waals surface area contributed by atoms with E-state index in [-0.39, 0.29) is 11.9 Å². The van der Waals surface area contributed by atoms with E-state index in [1.807, 2.05) is 24.3 Å². The first kappa shape index (κ1) is 16.6. The van der Waals surface area contributed by atoms with Crippen LogP contribution in [0.2, 0.25) is 0 Å². The Kier molecular flexibility index (Phi) is 5.81. The quantitative estimate of drug-likeness (QED) is 0.813. The van der Waals surface area contributed by atoms with Gasteiger partial charge in [0.2, 0.25) is 0 Å². The lowest BCUT2D eigenvalue weighted by Gasteiger charge is -2.20. The fourth-order valence-electron chi connectivity index (χ4n) is 3.11. The SMILES string of the molecule is Fc1ccc([C@@H](OCC[NH+]2CCCC2)c2ccc(Br)cc2)cc1. The molecule has 0 saturated carbocycles. The van der Waals surface area contributed by atoms with Crippen molar-refractivity contribution >= 4 is 15.9 Å². The van der Waals surface area contributed by atoms with Crippen LogP contribution in [0.4, 0.5) is 4.39 Å². The van der Waals surface area contributed by atoms with Crippen molar-refractivity contribution in [2.24, 2.45) is 0 Å². The summed E-state index contributed by atoms with van der Waals surface area (Å²) in [5, 5.41) is 0. The van der Waals surface area contributed by atoms with Crippen LogP contribution < -0.4 is 4.90 Å². The summed E-state index contributed by atoms with van der Waals surface area (Å²) in [5.74, 6) is -0.218.